The predicted molar refractivity (Wildman–Crippen MR) is 119 cm³/mol. The van der Waals surface area contributed by atoms with Crippen molar-refractivity contribution >= 4 is 39.9 Å². The van der Waals surface area contributed by atoms with E-state index in [1.165, 1.54) is 29.5 Å². The first-order valence-electron chi connectivity index (χ1n) is 9.74. The average Bonchev–Trinajstić information content (AvgIpc) is 3.03. The summed E-state index contributed by atoms with van der Waals surface area (Å²) in [4.78, 5) is 35.9. The van der Waals surface area contributed by atoms with Crippen molar-refractivity contribution in [1.29, 1.82) is 0 Å². The number of nitro groups is 1. The molecule has 8 heteroatoms. The molecule has 1 aliphatic rings. The molecule has 0 saturated heterocycles. The zero-order valence-electron chi connectivity index (χ0n) is 17.2. The second kappa shape index (κ2) is 8.39. The van der Waals surface area contributed by atoms with E-state index in [1.807, 2.05) is 0 Å². The Morgan fingerprint density at radius 1 is 1.27 bits per heavy atom. The topological polar surface area (TPSA) is 115 Å². The van der Waals surface area contributed by atoms with Gasteiger partial charge in [-0.05, 0) is 59.9 Å². The van der Waals surface area contributed by atoms with E-state index in [4.69, 9.17) is 5.73 Å². The molecule has 1 unspecified atom stereocenters. The molecule has 2 amide bonds. The SMILES string of the molecule is CC(C)(C)C1CCc2c(sc(NC(=O)/C=C/c3ccc([N+](=O)[O-])cc3)c2C(N)=O)C1. The molecule has 3 rings (SSSR count). The fraction of sp³-hybridized carbons (Fsp3) is 0.364. The number of benzene rings is 1. The minimum absolute atomic E-state index is 0.0135. The summed E-state index contributed by atoms with van der Waals surface area (Å²) in [5.41, 5.74) is 7.82. The van der Waals surface area contributed by atoms with Crippen LogP contribution in [0.5, 0.6) is 0 Å². The van der Waals surface area contributed by atoms with Gasteiger partial charge in [0.25, 0.3) is 11.6 Å². The van der Waals surface area contributed by atoms with Crippen LogP contribution in [0.15, 0.2) is 30.3 Å². The zero-order valence-corrected chi connectivity index (χ0v) is 18.0. The molecule has 0 spiro atoms. The van der Waals surface area contributed by atoms with Crippen molar-refractivity contribution in [3.63, 3.8) is 0 Å². The number of carbonyl (C=O) groups is 2. The predicted octanol–water partition coefficient (Wildman–Crippen LogP) is 4.56. The van der Waals surface area contributed by atoms with E-state index in [0.29, 0.717) is 22.0 Å². The minimum atomic E-state index is -0.531. The average molecular weight is 428 g/mol. The molecule has 1 heterocycles. The van der Waals surface area contributed by atoms with Crippen molar-refractivity contribution in [3.05, 3.63) is 62.0 Å². The number of hydrogen-bond acceptors (Lipinski definition) is 5. The number of carbonyl (C=O) groups excluding carboxylic acids is 2. The summed E-state index contributed by atoms with van der Waals surface area (Å²) < 4.78 is 0. The smallest absolute Gasteiger partial charge is 0.269 e. The molecule has 1 aliphatic carbocycles. The molecule has 0 aliphatic heterocycles. The Labute approximate surface area is 179 Å². The van der Waals surface area contributed by atoms with Gasteiger partial charge < -0.3 is 11.1 Å². The maximum absolute atomic E-state index is 12.4. The largest absolute Gasteiger partial charge is 0.365 e. The van der Waals surface area contributed by atoms with Crippen LogP contribution in [0.4, 0.5) is 10.7 Å². The standard InChI is InChI=1S/C22H25N3O4S/c1-22(2,3)14-7-10-16-17(12-14)30-21(19(16)20(23)27)24-18(26)11-6-13-4-8-15(9-5-13)25(28)29/h4-6,8-9,11,14H,7,10,12H2,1-3H3,(H2,23,27)(H,24,26)/b11-6+. The number of hydrogen-bond donors (Lipinski definition) is 2. The number of primary amides is 1. The highest BCUT2D eigenvalue weighted by atomic mass is 32.1. The monoisotopic (exact) mass is 427 g/mol. The number of nitrogens with one attached hydrogen (secondary N) is 1. The van der Waals surface area contributed by atoms with Crippen LogP contribution in [0.1, 0.15) is 53.6 Å². The van der Waals surface area contributed by atoms with Crippen molar-refractivity contribution in [3.8, 4) is 0 Å². The molecule has 0 bridgehead atoms. The van der Waals surface area contributed by atoms with Gasteiger partial charge in [-0.1, -0.05) is 20.8 Å². The second-order valence-electron chi connectivity index (χ2n) is 8.55. The Morgan fingerprint density at radius 3 is 2.50 bits per heavy atom. The van der Waals surface area contributed by atoms with Gasteiger partial charge in [-0.15, -0.1) is 11.3 Å². The number of fused-ring (bicyclic) bond motifs is 1. The van der Waals surface area contributed by atoms with E-state index < -0.39 is 10.8 Å². The van der Waals surface area contributed by atoms with Crippen LogP contribution in [0.2, 0.25) is 0 Å². The number of rotatable bonds is 5. The molecule has 2 aromatic rings. The Balaban J connectivity index is 1.77. The van der Waals surface area contributed by atoms with Crippen LogP contribution in [-0.4, -0.2) is 16.7 Å². The lowest BCUT2D eigenvalue weighted by Crippen LogP contribution is -2.27. The molecule has 1 aromatic heterocycles. The van der Waals surface area contributed by atoms with E-state index in [-0.39, 0.29) is 17.0 Å². The summed E-state index contributed by atoms with van der Waals surface area (Å²) >= 11 is 1.42. The lowest BCUT2D eigenvalue weighted by atomic mass is 9.72. The quantitative estimate of drug-likeness (QED) is 0.413. The van der Waals surface area contributed by atoms with E-state index in [0.717, 1.165) is 29.7 Å². The van der Waals surface area contributed by atoms with E-state index in [1.54, 1.807) is 18.2 Å². The number of non-ortho nitro benzene ring substituents is 1. The molecular formula is C22H25N3O4S. The number of nitrogens with zero attached hydrogens (tertiary/aromatic N) is 1. The molecule has 1 atom stereocenters. The molecular weight excluding hydrogens is 402 g/mol. The number of anilines is 1. The molecule has 1 aromatic carbocycles. The van der Waals surface area contributed by atoms with Gasteiger partial charge in [0.1, 0.15) is 5.00 Å². The number of nitro benzene ring substituents is 1. The van der Waals surface area contributed by atoms with Crippen LogP contribution in [0.3, 0.4) is 0 Å². The molecule has 30 heavy (non-hydrogen) atoms. The number of thiophene rings is 1. The van der Waals surface area contributed by atoms with E-state index in [2.05, 4.69) is 26.1 Å². The van der Waals surface area contributed by atoms with Crippen LogP contribution < -0.4 is 11.1 Å². The van der Waals surface area contributed by atoms with Gasteiger partial charge in [0, 0.05) is 23.1 Å². The Bertz CT molecular complexity index is 1020. The zero-order chi connectivity index (χ0) is 22.1. The van der Waals surface area contributed by atoms with Crippen LogP contribution in [0.25, 0.3) is 6.08 Å². The number of amides is 2. The summed E-state index contributed by atoms with van der Waals surface area (Å²) in [7, 11) is 0. The summed E-state index contributed by atoms with van der Waals surface area (Å²) in [6, 6.07) is 5.88. The first-order chi connectivity index (χ1) is 14.1. The highest BCUT2D eigenvalue weighted by Gasteiger charge is 2.33. The first kappa shape index (κ1) is 21.7. The molecule has 0 fully saturated rings. The third kappa shape index (κ3) is 4.76. The van der Waals surface area contributed by atoms with Crippen LogP contribution in [0, 0.1) is 21.4 Å². The van der Waals surface area contributed by atoms with Crippen molar-refractivity contribution in [2.75, 3.05) is 5.32 Å². The van der Waals surface area contributed by atoms with Crippen molar-refractivity contribution in [2.45, 2.75) is 40.0 Å². The van der Waals surface area contributed by atoms with Gasteiger partial charge in [0.15, 0.2) is 0 Å². The highest BCUT2D eigenvalue weighted by Crippen LogP contribution is 2.44. The third-order valence-electron chi connectivity index (χ3n) is 5.50. The molecule has 0 saturated carbocycles. The minimum Gasteiger partial charge on any atom is -0.365 e. The molecule has 3 N–H and O–H groups in total. The van der Waals surface area contributed by atoms with Gasteiger partial charge in [-0.25, -0.2) is 0 Å². The maximum Gasteiger partial charge on any atom is 0.269 e. The summed E-state index contributed by atoms with van der Waals surface area (Å²) in [5.74, 6) is -0.409. The highest BCUT2D eigenvalue weighted by molar-refractivity contribution is 7.17. The van der Waals surface area contributed by atoms with Crippen molar-refractivity contribution in [1.82, 2.24) is 0 Å². The molecule has 0 radical (unpaired) electrons. The van der Waals surface area contributed by atoms with Gasteiger partial charge in [-0.2, -0.15) is 0 Å². The van der Waals surface area contributed by atoms with Crippen molar-refractivity contribution < 1.29 is 14.5 Å². The normalized spacial score (nSPS) is 16.3. The lowest BCUT2D eigenvalue weighted by molar-refractivity contribution is -0.384. The van der Waals surface area contributed by atoms with Crippen molar-refractivity contribution in [2.24, 2.45) is 17.1 Å². The molecule has 158 valence electrons. The van der Waals surface area contributed by atoms with Gasteiger partial charge >= 0.3 is 0 Å². The van der Waals surface area contributed by atoms with Gasteiger partial charge in [0.05, 0.1) is 10.5 Å². The second-order valence-corrected chi connectivity index (χ2v) is 9.65. The summed E-state index contributed by atoms with van der Waals surface area (Å²) in [6.45, 7) is 6.66. The fourth-order valence-corrected chi connectivity index (χ4v) is 5.04. The van der Waals surface area contributed by atoms with E-state index >= 15 is 0 Å². The van der Waals surface area contributed by atoms with Crippen LogP contribution in [-0.2, 0) is 17.6 Å². The Hall–Kier alpha value is -3.00. The maximum atomic E-state index is 12.4. The number of nitrogens with two attached hydrogens (primary N) is 1. The van der Waals surface area contributed by atoms with Crippen LogP contribution >= 0.6 is 11.3 Å². The summed E-state index contributed by atoms with van der Waals surface area (Å²) in [5, 5.41) is 14.0. The fourth-order valence-electron chi connectivity index (χ4n) is 3.71. The summed E-state index contributed by atoms with van der Waals surface area (Å²) in [6.07, 6.45) is 5.54. The molecule has 7 nitrogen and oxygen atoms in total. The lowest BCUT2D eigenvalue weighted by Gasteiger charge is -2.33. The Morgan fingerprint density at radius 2 is 1.93 bits per heavy atom. The van der Waals surface area contributed by atoms with E-state index in [9.17, 15) is 19.7 Å². The van der Waals surface area contributed by atoms with Gasteiger partial charge in [0.2, 0.25) is 5.91 Å². The Kier molecular flexibility index (Phi) is 6.07. The first-order valence-corrected chi connectivity index (χ1v) is 10.6. The third-order valence-corrected chi connectivity index (χ3v) is 6.67. The van der Waals surface area contributed by atoms with Gasteiger partial charge in [-0.3, -0.25) is 19.7 Å².